The Morgan fingerprint density at radius 1 is 1.58 bits per heavy atom. The lowest BCUT2D eigenvalue weighted by Gasteiger charge is -2.22. The fourth-order valence-corrected chi connectivity index (χ4v) is 0.867. The van der Waals surface area contributed by atoms with E-state index in [1.807, 2.05) is 6.92 Å². The van der Waals surface area contributed by atoms with Gasteiger partial charge in [0.05, 0.1) is 7.11 Å². The second-order valence-electron chi connectivity index (χ2n) is 2.76. The van der Waals surface area contributed by atoms with Gasteiger partial charge in [0.1, 0.15) is 0 Å². The number of nitrogens with zero attached hydrogens (tertiary/aromatic N) is 1. The van der Waals surface area contributed by atoms with E-state index in [1.165, 1.54) is 13.2 Å². The standard InChI is InChI=1S/C9H17NO2/c1-5-10(8(2)3)7-6-9(11)12-4/h6-8H,5H2,1-4H3. The number of methoxy groups -OCH3 is 1. The van der Waals surface area contributed by atoms with Crippen LogP contribution in [-0.4, -0.2) is 30.6 Å². The maximum Gasteiger partial charge on any atom is 0.331 e. The molecule has 0 radical (unpaired) electrons. The van der Waals surface area contributed by atoms with Gasteiger partial charge in [0.2, 0.25) is 0 Å². The molecule has 0 aromatic carbocycles. The highest BCUT2D eigenvalue weighted by molar-refractivity contribution is 5.81. The number of hydrogen-bond donors (Lipinski definition) is 0. The molecule has 0 N–H and O–H groups in total. The maximum absolute atomic E-state index is 10.7. The molecule has 0 amide bonds. The van der Waals surface area contributed by atoms with Crippen LogP contribution in [0.5, 0.6) is 0 Å². The normalized spacial score (nSPS) is 10.8. The number of carbonyl (C=O) groups excluding carboxylic acids is 1. The smallest absolute Gasteiger partial charge is 0.331 e. The Kier molecular flexibility index (Phi) is 5.17. The maximum atomic E-state index is 10.7. The van der Waals surface area contributed by atoms with Crippen LogP contribution < -0.4 is 0 Å². The molecule has 0 saturated heterocycles. The van der Waals surface area contributed by atoms with Gasteiger partial charge in [-0.3, -0.25) is 0 Å². The van der Waals surface area contributed by atoms with Crippen LogP contribution in [0, 0.1) is 0 Å². The quantitative estimate of drug-likeness (QED) is 0.473. The van der Waals surface area contributed by atoms with Crippen molar-refractivity contribution in [3.63, 3.8) is 0 Å². The van der Waals surface area contributed by atoms with Crippen LogP contribution >= 0.6 is 0 Å². The fraction of sp³-hybridized carbons (Fsp3) is 0.667. The zero-order valence-corrected chi connectivity index (χ0v) is 8.20. The topological polar surface area (TPSA) is 29.5 Å². The van der Waals surface area contributed by atoms with Crippen molar-refractivity contribution in [1.29, 1.82) is 0 Å². The van der Waals surface area contributed by atoms with Crippen molar-refractivity contribution in [3.8, 4) is 0 Å². The molecule has 0 fully saturated rings. The van der Waals surface area contributed by atoms with Gasteiger partial charge in [0.15, 0.2) is 0 Å². The SMILES string of the molecule is CCN(C=CC(=O)OC)C(C)C. The van der Waals surface area contributed by atoms with Crippen molar-refractivity contribution in [2.24, 2.45) is 0 Å². The number of hydrogen-bond acceptors (Lipinski definition) is 3. The highest BCUT2D eigenvalue weighted by Gasteiger charge is 2.00. The van der Waals surface area contributed by atoms with Crippen LogP contribution in [0.2, 0.25) is 0 Å². The summed E-state index contributed by atoms with van der Waals surface area (Å²) >= 11 is 0. The number of carbonyl (C=O) groups is 1. The number of esters is 1. The largest absolute Gasteiger partial charge is 0.466 e. The first-order chi connectivity index (χ1) is 5.61. The zero-order chi connectivity index (χ0) is 9.56. The van der Waals surface area contributed by atoms with Crippen LogP contribution in [0.25, 0.3) is 0 Å². The molecule has 0 heterocycles. The van der Waals surface area contributed by atoms with Gasteiger partial charge in [-0.15, -0.1) is 0 Å². The van der Waals surface area contributed by atoms with Crippen molar-refractivity contribution in [2.75, 3.05) is 13.7 Å². The van der Waals surface area contributed by atoms with Crippen molar-refractivity contribution >= 4 is 5.97 Å². The highest BCUT2D eigenvalue weighted by Crippen LogP contribution is 1.97. The molecule has 0 aliphatic heterocycles. The second kappa shape index (κ2) is 5.63. The molecule has 0 aliphatic carbocycles. The molecule has 0 aliphatic rings. The first kappa shape index (κ1) is 11.0. The first-order valence-electron chi connectivity index (χ1n) is 4.13. The van der Waals surface area contributed by atoms with Crippen molar-refractivity contribution < 1.29 is 9.53 Å². The molecule has 0 aromatic rings. The van der Waals surface area contributed by atoms with Crippen molar-refractivity contribution in [1.82, 2.24) is 4.90 Å². The third-order valence-corrected chi connectivity index (χ3v) is 1.63. The summed E-state index contributed by atoms with van der Waals surface area (Å²) in [7, 11) is 1.37. The van der Waals surface area contributed by atoms with Gasteiger partial charge in [-0.2, -0.15) is 0 Å². The van der Waals surface area contributed by atoms with E-state index in [0.717, 1.165) is 6.54 Å². The van der Waals surface area contributed by atoms with E-state index in [-0.39, 0.29) is 5.97 Å². The molecule has 12 heavy (non-hydrogen) atoms. The lowest BCUT2D eigenvalue weighted by molar-refractivity contribution is -0.134. The average molecular weight is 171 g/mol. The summed E-state index contributed by atoms with van der Waals surface area (Å²) in [6, 6.07) is 0.413. The molecule has 3 heteroatoms. The minimum absolute atomic E-state index is 0.311. The van der Waals surface area contributed by atoms with E-state index in [1.54, 1.807) is 6.20 Å². The molecule has 0 bridgehead atoms. The van der Waals surface area contributed by atoms with Crippen LogP contribution in [0.1, 0.15) is 20.8 Å². The summed E-state index contributed by atoms with van der Waals surface area (Å²) < 4.78 is 4.47. The Hall–Kier alpha value is -0.990. The Morgan fingerprint density at radius 2 is 2.17 bits per heavy atom. The Morgan fingerprint density at radius 3 is 2.50 bits per heavy atom. The highest BCUT2D eigenvalue weighted by atomic mass is 16.5. The molecular formula is C9H17NO2. The molecular weight excluding hydrogens is 154 g/mol. The lowest BCUT2D eigenvalue weighted by Crippen LogP contribution is -2.25. The van der Waals surface area contributed by atoms with Gasteiger partial charge >= 0.3 is 5.97 Å². The van der Waals surface area contributed by atoms with Gasteiger partial charge in [-0.1, -0.05) is 0 Å². The van der Waals surface area contributed by atoms with Crippen molar-refractivity contribution in [3.05, 3.63) is 12.3 Å². The summed E-state index contributed by atoms with van der Waals surface area (Å²) in [4.78, 5) is 12.8. The predicted octanol–water partition coefficient (Wildman–Crippen LogP) is 1.40. The molecule has 3 nitrogen and oxygen atoms in total. The minimum Gasteiger partial charge on any atom is -0.466 e. The van der Waals surface area contributed by atoms with Gasteiger partial charge in [0.25, 0.3) is 0 Å². The minimum atomic E-state index is -0.311. The first-order valence-corrected chi connectivity index (χ1v) is 4.13. The van der Waals surface area contributed by atoms with Gasteiger partial charge < -0.3 is 9.64 Å². The van der Waals surface area contributed by atoms with Crippen LogP contribution in [0.3, 0.4) is 0 Å². The Bertz CT molecular complexity index is 164. The van der Waals surface area contributed by atoms with E-state index in [9.17, 15) is 4.79 Å². The zero-order valence-electron chi connectivity index (χ0n) is 8.20. The lowest BCUT2D eigenvalue weighted by atomic mass is 10.3. The van der Waals surface area contributed by atoms with E-state index in [4.69, 9.17) is 0 Å². The van der Waals surface area contributed by atoms with Crippen LogP contribution in [0.4, 0.5) is 0 Å². The number of ether oxygens (including phenoxy) is 1. The third-order valence-electron chi connectivity index (χ3n) is 1.63. The second-order valence-corrected chi connectivity index (χ2v) is 2.76. The molecule has 0 unspecified atom stereocenters. The van der Waals surface area contributed by atoms with E-state index in [0.29, 0.717) is 6.04 Å². The fourth-order valence-electron chi connectivity index (χ4n) is 0.867. The summed E-state index contributed by atoms with van der Waals surface area (Å²) in [5.41, 5.74) is 0. The molecule has 0 spiro atoms. The van der Waals surface area contributed by atoms with Crippen LogP contribution in [0.15, 0.2) is 12.3 Å². The summed E-state index contributed by atoms with van der Waals surface area (Å²) in [6.07, 6.45) is 3.19. The monoisotopic (exact) mass is 171 g/mol. The van der Waals surface area contributed by atoms with E-state index >= 15 is 0 Å². The summed E-state index contributed by atoms with van der Waals surface area (Å²) in [5, 5.41) is 0. The summed E-state index contributed by atoms with van der Waals surface area (Å²) in [6.45, 7) is 7.09. The van der Waals surface area contributed by atoms with Crippen LogP contribution in [-0.2, 0) is 9.53 Å². The Balaban J connectivity index is 4.01. The third kappa shape index (κ3) is 4.01. The van der Waals surface area contributed by atoms with E-state index in [2.05, 4.69) is 23.5 Å². The van der Waals surface area contributed by atoms with Gasteiger partial charge in [-0.25, -0.2) is 4.79 Å². The Labute approximate surface area is 74.0 Å². The predicted molar refractivity (Wildman–Crippen MR) is 48.7 cm³/mol. The molecule has 0 atom stereocenters. The molecule has 0 rings (SSSR count). The number of rotatable bonds is 4. The van der Waals surface area contributed by atoms with E-state index < -0.39 is 0 Å². The average Bonchev–Trinajstić information content (AvgIpc) is 2.04. The van der Waals surface area contributed by atoms with Gasteiger partial charge in [0, 0.05) is 24.9 Å². The molecule has 70 valence electrons. The van der Waals surface area contributed by atoms with Crippen molar-refractivity contribution in [2.45, 2.75) is 26.8 Å². The molecule has 0 aromatic heterocycles. The molecule has 0 saturated carbocycles. The van der Waals surface area contributed by atoms with Gasteiger partial charge in [-0.05, 0) is 20.8 Å². The summed E-state index contributed by atoms with van der Waals surface area (Å²) in [5.74, 6) is -0.311.